The lowest BCUT2D eigenvalue weighted by Gasteiger charge is -1.86. The Bertz CT molecular complexity index is 474. The fourth-order valence-electron chi connectivity index (χ4n) is 1.07. The number of hydrogen-bond acceptors (Lipinski definition) is 2. The molecule has 0 aliphatic heterocycles. The SMILES string of the molecule is Cc1ncsc1C#Cc1ccccc1. The molecule has 2 heteroatoms. The van der Waals surface area contributed by atoms with Crippen molar-refractivity contribution in [3.8, 4) is 11.8 Å². The topological polar surface area (TPSA) is 12.9 Å². The Kier molecular flexibility index (Phi) is 2.62. The average Bonchev–Trinajstić information content (AvgIpc) is 2.63. The third-order valence-corrected chi connectivity index (χ3v) is 2.68. The molecule has 0 N–H and O–H groups in total. The highest BCUT2D eigenvalue weighted by Crippen LogP contribution is 2.10. The van der Waals surface area contributed by atoms with Gasteiger partial charge in [0, 0.05) is 5.56 Å². The summed E-state index contributed by atoms with van der Waals surface area (Å²) >= 11 is 1.58. The van der Waals surface area contributed by atoms with Crippen LogP contribution in [0, 0.1) is 18.8 Å². The van der Waals surface area contributed by atoms with Gasteiger partial charge in [-0.05, 0) is 25.0 Å². The van der Waals surface area contributed by atoms with Gasteiger partial charge in [-0.1, -0.05) is 24.1 Å². The summed E-state index contributed by atoms with van der Waals surface area (Å²) in [5.74, 6) is 6.22. The van der Waals surface area contributed by atoms with Gasteiger partial charge in [-0.25, -0.2) is 4.98 Å². The number of aryl methyl sites for hydroxylation is 1. The van der Waals surface area contributed by atoms with E-state index in [1.54, 1.807) is 11.3 Å². The van der Waals surface area contributed by atoms with Crippen molar-refractivity contribution < 1.29 is 0 Å². The molecular weight excluding hydrogens is 190 g/mol. The van der Waals surface area contributed by atoms with Crippen molar-refractivity contribution in [2.45, 2.75) is 6.92 Å². The number of thiazole rings is 1. The van der Waals surface area contributed by atoms with Crippen LogP contribution in [0.25, 0.3) is 0 Å². The second-order valence-electron chi connectivity index (χ2n) is 2.88. The maximum absolute atomic E-state index is 4.14. The van der Waals surface area contributed by atoms with Crippen LogP contribution in [0.1, 0.15) is 16.1 Å². The maximum Gasteiger partial charge on any atom is 0.0999 e. The van der Waals surface area contributed by atoms with Gasteiger partial charge in [0.15, 0.2) is 0 Å². The molecule has 0 unspecified atom stereocenters. The first-order valence-electron chi connectivity index (χ1n) is 4.33. The van der Waals surface area contributed by atoms with Crippen LogP contribution in [0.3, 0.4) is 0 Å². The first-order chi connectivity index (χ1) is 6.86. The minimum Gasteiger partial charge on any atom is -0.249 e. The van der Waals surface area contributed by atoms with Crippen molar-refractivity contribution in [2.24, 2.45) is 0 Å². The van der Waals surface area contributed by atoms with E-state index in [9.17, 15) is 0 Å². The Hall–Kier alpha value is -1.59. The molecule has 0 bridgehead atoms. The second kappa shape index (κ2) is 4.08. The molecule has 0 spiro atoms. The molecule has 68 valence electrons. The van der Waals surface area contributed by atoms with Crippen molar-refractivity contribution in [1.82, 2.24) is 4.98 Å². The standard InChI is InChI=1S/C12H9NS/c1-10-12(14-9-13-10)8-7-11-5-3-2-4-6-11/h2-6,9H,1H3. The lowest BCUT2D eigenvalue weighted by atomic mass is 10.2. The summed E-state index contributed by atoms with van der Waals surface area (Å²) in [6.45, 7) is 1.98. The molecule has 0 amide bonds. The third kappa shape index (κ3) is 2.01. The molecule has 1 aromatic carbocycles. The Morgan fingerprint density at radius 2 is 1.93 bits per heavy atom. The molecule has 1 heterocycles. The maximum atomic E-state index is 4.14. The van der Waals surface area contributed by atoms with E-state index in [2.05, 4.69) is 16.8 Å². The molecule has 0 fully saturated rings. The van der Waals surface area contributed by atoms with Gasteiger partial charge in [0.05, 0.1) is 16.1 Å². The van der Waals surface area contributed by atoms with Crippen molar-refractivity contribution in [3.05, 3.63) is 52.0 Å². The van der Waals surface area contributed by atoms with Gasteiger partial charge in [0.2, 0.25) is 0 Å². The smallest absolute Gasteiger partial charge is 0.0999 e. The lowest BCUT2D eigenvalue weighted by molar-refractivity contribution is 1.26. The van der Waals surface area contributed by atoms with Crippen molar-refractivity contribution >= 4 is 11.3 Å². The van der Waals surface area contributed by atoms with Crippen molar-refractivity contribution in [3.63, 3.8) is 0 Å². The molecule has 1 aromatic heterocycles. The van der Waals surface area contributed by atoms with Crippen LogP contribution in [-0.2, 0) is 0 Å². The first-order valence-corrected chi connectivity index (χ1v) is 5.21. The zero-order valence-electron chi connectivity index (χ0n) is 7.82. The summed E-state index contributed by atoms with van der Waals surface area (Å²) in [6, 6.07) is 9.98. The molecule has 0 saturated heterocycles. The fourth-order valence-corrected chi connectivity index (χ4v) is 1.72. The van der Waals surface area contributed by atoms with E-state index in [0.29, 0.717) is 0 Å². The summed E-state index contributed by atoms with van der Waals surface area (Å²) in [7, 11) is 0. The molecule has 0 radical (unpaired) electrons. The monoisotopic (exact) mass is 199 g/mol. The summed E-state index contributed by atoms with van der Waals surface area (Å²) in [4.78, 5) is 5.19. The Morgan fingerprint density at radius 3 is 2.57 bits per heavy atom. The normalized spacial score (nSPS) is 9.21. The quantitative estimate of drug-likeness (QED) is 0.594. The molecule has 2 aromatic rings. The summed E-state index contributed by atoms with van der Waals surface area (Å²) in [5.41, 5.74) is 3.88. The zero-order valence-corrected chi connectivity index (χ0v) is 8.64. The molecule has 0 atom stereocenters. The van der Waals surface area contributed by atoms with E-state index in [1.807, 2.05) is 42.8 Å². The van der Waals surface area contributed by atoms with Crippen LogP contribution in [0.4, 0.5) is 0 Å². The van der Waals surface area contributed by atoms with Gasteiger partial charge in [-0.3, -0.25) is 0 Å². The number of hydrogen-bond donors (Lipinski definition) is 0. The Labute approximate surface area is 87.4 Å². The second-order valence-corrected chi connectivity index (χ2v) is 3.74. The van der Waals surface area contributed by atoms with Crippen LogP contribution in [0.15, 0.2) is 35.8 Å². The van der Waals surface area contributed by atoms with Gasteiger partial charge in [-0.15, -0.1) is 11.3 Å². The molecule has 0 aliphatic carbocycles. The number of rotatable bonds is 0. The van der Waals surface area contributed by atoms with Crippen molar-refractivity contribution in [1.29, 1.82) is 0 Å². The van der Waals surface area contributed by atoms with Gasteiger partial charge in [0.25, 0.3) is 0 Å². The largest absolute Gasteiger partial charge is 0.249 e. The summed E-state index contributed by atoms with van der Waals surface area (Å²) in [6.07, 6.45) is 0. The van der Waals surface area contributed by atoms with Crippen LogP contribution >= 0.6 is 11.3 Å². The Balaban J connectivity index is 2.28. The van der Waals surface area contributed by atoms with Gasteiger partial charge < -0.3 is 0 Å². The Morgan fingerprint density at radius 1 is 1.14 bits per heavy atom. The van der Waals surface area contributed by atoms with Gasteiger partial charge in [-0.2, -0.15) is 0 Å². The summed E-state index contributed by atoms with van der Waals surface area (Å²) < 4.78 is 0. The number of benzene rings is 1. The number of aromatic nitrogens is 1. The molecule has 1 nitrogen and oxygen atoms in total. The predicted molar refractivity (Wildman–Crippen MR) is 59.3 cm³/mol. The van der Waals surface area contributed by atoms with E-state index >= 15 is 0 Å². The highest BCUT2D eigenvalue weighted by atomic mass is 32.1. The van der Waals surface area contributed by atoms with Crippen LogP contribution in [0.5, 0.6) is 0 Å². The fraction of sp³-hybridized carbons (Fsp3) is 0.0833. The highest BCUT2D eigenvalue weighted by molar-refractivity contribution is 7.10. The lowest BCUT2D eigenvalue weighted by Crippen LogP contribution is -1.75. The molecule has 0 saturated carbocycles. The van der Waals surface area contributed by atoms with E-state index in [1.165, 1.54) is 0 Å². The molecular formula is C12H9NS. The van der Waals surface area contributed by atoms with Crippen molar-refractivity contribution in [2.75, 3.05) is 0 Å². The zero-order chi connectivity index (χ0) is 9.80. The van der Waals surface area contributed by atoms with Gasteiger partial charge >= 0.3 is 0 Å². The molecule has 0 aliphatic rings. The van der Waals surface area contributed by atoms with Crippen LogP contribution in [0.2, 0.25) is 0 Å². The summed E-state index contributed by atoms with van der Waals surface area (Å²) in [5, 5.41) is 0. The van der Waals surface area contributed by atoms with E-state index in [0.717, 1.165) is 16.1 Å². The van der Waals surface area contributed by atoms with Crippen LogP contribution < -0.4 is 0 Å². The van der Waals surface area contributed by atoms with E-state index in [4.69, 9.17) is 0 Å². The minimum atomic E-state index is 1.01. The predicted octanol–water partition coefficient (Wildman–Crippen LogP) is 2.85. The first kappa shape index (κ1) is 8.98. The third-order valence-electron chi connectivity index (χ3n) is 1.84. The van der Waals surface area contributed by atoms with E-state index < -0.39 is 0 Å². The molecule has 2 rings (SSSR count). The van der Waals surface area contributed by atoms with Crippen LogP contribution in [-0.4, -0.2) is 4.98 Å². The molecule has 14 heavy (non-hydrogen) atoms. The number of nitrogens with zero attached hydrogens (tertiary/aromatic N) is 1. The highest BCUT2D eigenvalue weighted by Gasteiger charge is 1.94. The van der Waals surface area contributed by atoms with Gasteiger partial charge in [0.1, 0.15) is 0 Å². The average molecular weight is 199 g/mol. The minimum absolute atomic E-state index is 1.01. The van der Waals surface area contributed by atoms with E-state index in [-0.39, 0.29) is 0 Å².